The number of thiazole rings is 1. The molecular formula is C33H34N2O4S. The van der Waals surface area contributed by atoms with Gasteiger partial charge in [-0.1, -0.05) is 69.4 Å². The number of hydrogen-bond donors (Lipinski definition) is 1. The number of aliphatic hydroxyl groups excluding tert-OH is 1. The SMILES string of the molecule is CCCOc1ccc(C(O)=C2C(=O)C(=O)N(c3nc4c(C)cc(C)cc4s3)C2c2ccc(C(C)(C)C)cc2)cc1. The molecule has 5 rings (SSSR count). The molecule has 1 aliphatic rings. The molecule has 1 amide bonds. The van der Waals surface area contributed by atoms with Crippen LogP contribution in [-0.4, -0.2) is 28.4 Å². The first-order valence-electron chi connectivity index (χ1n) is 13.5. The number of ketones is 1. The third-order valence-corrected chi connectivity index (χ3v) is 8.16. The second-order valence-corrected chi connectivity index (χ2v) is 12.3. The fourth-order valence-electron chi connectivity index (χ4n) is 5.06. The van der Waals surface area contributed by atoms with E-state index in [9.17, 15) is 14.7 Å². The Morgan fingerprint density at radius 1 is 1.02 bits per heavy atom. The van der Waals surface area contributed by atoms with Gasteiger partial charge in [0.1, 0.15) is 11.5 Å². The van der Waals surface area contributed by atoms with Crippen LogP contribution in [0, 0.1) is 13.8 Å². The van der Waals surface area contributed by atoms with E-state index in [0.717, 1.165) is 38.9 Å². The fourth-order valence-corrected chi connectivity index (χ4v) is 6.23. The fraction of sp³-hybridized carbons (Fsp3) is 0.303. The van der Waals surface area contributed by atoms with Crippen molar-refractivity contribution in [1.29, 1.82) is 0 Å². The first-order valence-corrected chi connectivity index (χ1v) is 14.3. The van der Waals surface area contributed by atoms with Crippen molar-refractivity contribution in [3.8, 4) is 5.75 Å². The first kappa shape index (κ1) is 27.6. The summed E-state index contributed by atoms with van der Waals surface area (Å²) in [5.74, 6) is -0.988. The van der Waals surface area contributed by atoms with Crippen molar-refractivity contribution in [3.05, 3.63) is 94.1 Å². The van der Waals surface area contributed by atoms with E-state index in [0.29, 0.717) is 23.1 Å². The van der Waals surface area contributed by atoms with Gasteiger partial charge in [0.15, 0.2) is 5.13 Å². The third kappa shape index (κ3) is 5.02. The molecule has 0 radical (unpaired) electrons. The van der Waals surface area contributed by atoms with Gasteiger partial charge in [0.2, 0.25) is 0 Å². The molecule has 1 saturated heterocycles. The number of hydrogen-bond acceptors (Lipinski definition) is 6. The molecule has 7 heteroatoms. The number of rotatable bonds is 6. The number of benzene rings is 3. The molecule has 0 spiro atoms. The van der Waals surface area contributed by atoms with Crippen LogP contribution in [0.2, 0.25) is 0 Å². The first-order chi connectivity index (χ1) is 19.0. The molecule has 1 N–H and O–H groups in total. The van der Waals surface area contributed by atoms with Crippen molar-refractivity contribution in [2.45, 2.75) is 59.4 Å². The van der Waals surface area contributed by atoms with Crippen LogP contribution in [-0.2, 0) is 15.0 Å². The number of carbonyl (C=O) groups is 2. The third-order valence-electron chi connectivity index (χ3n) is 7.16. The summed E-state index contributed by atoms with van der Waals surface area (Å²) < 4.78 is 6.61. The van der Waals surface area contributed by atoms with Gasteiger partial charge in [-0.2, -0.15) is 0 Å². The lowest BCUT2D eigenvalue weighted by atomic mass is 9.85. The topological polar surface area (TPSA) is 79.7 Å². The Morgan fingerprint density at radius 3 is 2.33 bits per heavy atom. The van der Waals surface area contributed by atoms with Crippen LogP contribution in [0.1, 0.15) is 68.0 Å². The van der Waals surface area contributed by atoms with Crippen molar-refractivity contribution in [1.82, 2.24) is 4.98 Å². The van der Waals surface area contributed by atoms with Crippen molar-refractivity contribution in [2.75, 3.05) is 11.5 Å². The van der Waals surface area contributed by atoms with Gasteiger partial charge in [0.25, 0.3) is 5.78 Å². The van der Waals surface area contributed by atoms with Crippen molar-refractivity contribution in [2.24, 2.45) is 0 Å². The minimum atomic E-state index is -0.827. The summed E-state index contributed by atoms with van der Waals surface area (Å²) >= 11 is 1.37. The van der Waals surface area contributed by atoms with Gasteiger partial charge in [-0.05, 0) is 78.3 Å². The van der Waals surface area contributed by atoms with Crippen LogP contribution in [0.4, 0.5) is 5.13 Å². The smallest absolute Gasteiger partial charge is 0.301 e. The summed E-state index contributed by atoms with van der Waals surface area (Å²) in [6.45, 7) is 13.0. The quantitative estimate of drug-likeness (QED) is 0.151. The lowest BCUT2D eigenvalue weighted by Crippen LogP contribution is -2.29. The highest BCUT2D eigenvalue weighted by molar-refractivity contribution is 7.22. The number of ether oxygens (including phenoxy) is 1. The number of carbonyl (C=O) groups excluding carboxylic acids is 2. The van der Waals surface area contributed by atoms with Gasteiger partial charge in [0.05, 0.1) is 28.4 Å². The molecule has 4 aromatic rings. The van der Waals surface area contributed by atoms with Gasteiger partial charge in [-0.25, -0.2) is 4.98 Å². The maximum absolute atomic E-state index is 13.6. The number of nitrogens with zero attached hydrogens (tertiary/aromatic N) is 2. The lowest BCUT2D eigenvalue weighted by molar-refractivity contribution is -0.132. The van der Waals surface area contributed by atoms with Crippen LogP contribution in [0.15, 0.2) is 66.2 Å². The monoisotopic (exact) mass is 554 g/mol. The molecule has 0 saturated carbocycles. The number of aryl methyl sites for hydroxylation is 2. The maximum atomic E-state index is 13.6. The van der Waals surface area contributed by atoms with Crippen LogP contribution < -0.4 is 9.64 Å². The number of aromatic nitrogens is 1. The Morgan fingerprint density at radius 2 is 1.70 bits per heavy atom. The highest BCUT2D eigenvalue weighted by atomic mass is 32.1. The van der Waals surface area contributed by atoms with Gasteiger partial charge in [0, 0.05) is 5.56 Å². The summed E-state index contributed by atoms with van der Waals surface area (Å²) in [6.07, 6.45) is 0.879. The summed E-state index contributed by atoms with van der Waals surface area (Å²) in [6, 6.07) is 18.1. The summed E-state index contributed by atoms with van der Waals surface area (Å²) in [5, 5.41) is 11.9. The van der Waals surface area contributed by atoms with E-state index in [2.05, 4.69) is 26.8 Å². The molecule has 1 aliphatic heterocycles. The summed E-state index contributed by atoms with van der Waals surface area (Å²) in [7, 11) is 0. The second kappa shape index (κ2) is 10.5. The molecule has 1 aromatic heterocycles. The average Bonchev–Trinajstić information content (AvgIpc) is 3.45. The number of aliphatic hydroxyl groups is 1. The number of fused-ring (bicyclic) bond motifs is 1. The predicted octanol–water partition coefficient (Wildman–Crippen LogP) is 7.63. The number of amides is 1. The molecule has 6 nitrogen and oxygen atoms in total. The Bertz CT molecular complexity index is 1630. The van der Waals surface area contributed by atoms with Gasteiger partial charge in [-0.3, -0.25) is 14.5 Å². The summed E-state index contributed by atoms with van der Waals surface area (Å²) in [4.78, 5) is 33.5. The zero-order valence-corrected chi connectivity index (χ0v) is 24.6. The highest BCUT2D eigenvalue weighted by Gasteiger charge is 2.48. The van der Waals surface area contributed by atoms with Crippen molar-refractivity contribution < 1.29 is 19.4 Å². The van der Waals surface area contributed by atoms with E-state index < -0.39 is 17.7 Å². The van der Waals surface area contributed by atoms with Crippen LogP contribution in [0.3, 0.4) is 0 Å². The van der Waals surface area contributed by atoms with Gasteiger partial charge < -0.3 is 9.84 Å². The Labute approximate surface area is 238 Å². The number of anilines is 1. The zero-order valence-electron chi connectivity index (χ0n) is 23.7. The largest absolute Gasteiger partial charge is 0.507 e. The highest BCUT2D eigenvalue weighted by Crippen LogP contribution is 2.45. The predicted molar refractivity (Wildman–Crippen MR) is 161 cm³/mol. The second-order valence-electron chi connectivity index (χ2n) is 11.3. The van der Waals surface area contributed by atoms with Crippen LogP contribution in [0.25, 0.3) is 16.0 Å². The maximum Gasteiger partial charge on any atom is 0.301 e. The van der Waals surface area contributed by atoms with Crippen LogP contribution >= 0.6 is 11.3 Å². The van der Waals surface area contributed by atoms with Crippen molar-refractivity contribution >= 4 is 44.1 Å². The molecule has 2 heterocycles. The number of Topliss-reactive ketones (excluding diaryl/α,β-unsaturated/α-hetero) is 1. The van der Waals surface area contributed by atoms with Gasteiger partial charge in [-0.15, -0.1) is 0 Å². The van der Waals surface area contributed by atoms with E-state index in [4.69, 9.17) is 9.72 Å². The molecule has 1 fully saturated rings. The normalized spacial score (nSPS) is 17.1. The van der Waals surface area contributed by atoms with E-state index in [1.165, 1.54) is 16.2 Å². The van der Waals surface area contributed by atoms with Crippen molar-refractivity contribution in [3.63, 3.8) is 0 Å². The molecule has 3 aromatic carbocycles. The molecule has 206 valence electrons. The molecule has 0 aliphatic carbocycles. The van der Waals surface area contributed by atoms with E-state index >= 15 is 0 Å². The van der Waals surface area contributed by atoms with Gasteiger partial charge >= 0.3 is 5.91 Å². The van der Waals surface area contributed by atoms with E-state index in [1.807, 2.05) is 51.1 Å². The Balaban J connectivity index is 1.67. The molecular weight excluding hydrogens is 520 g/mol. The molecule has 1 atom stereocenters. The zero-order chi connectivity index (χ0) is 28.8. The minimum absolute atomic E-state index is 0.0443. The molecule has 40 heavy (non-hydrogen) atoms. The molecule has 0 bridgehead atoms. The Hall–Kier alpha value is -3.97. The minimum Gasteiger partial charge on any atom is -0.507 e. The standard InChI is InChI=1S/C33H34N2O4S/c1-7-16-39-24-14-10-22(11-15-24)29(36)26-28(21-8-12-23(13-9-21)33(4,5)6)35(31(38)30(26)37)32-34-27-20(3)17-19(2)18-25(27)40-32/h8-15,17-18,28,36H,7,16H2,1-6H3. The van der Waals surface area contributed by atoms with E-state index in [-0.39, 0.29) is 16.7 Å². The Kier molecular flexibility index (Phi) is 7.27. The average molecular weight is 555 g/mol. The lowest BCUT2D eigenvalue weighted by Gasteiger charge is -2.24. The molecule has 1 unspecified atom stereocenters. The van der Waals surface area contributed by atoms with Crippen LogP contribution in [0.5, 0.6) is 5.75 Å². The summed E-state index contributed by atoms with van der Waals surface area (Å²) in [5.41, 5.74) is 5.18. The van der Waals surface area contributed by atoms with E-state index in [1.54, 1.807) is 24.3 Å².